The van der Waals surface area contributed by atoms with Gasteiger partial charge in [-0.05, 0) is 24.1 Å². The highest BCUT2D eigenvalue weighted by molar-refractivity contribution is 5.33. The third-order valence-electron chi connectivity index (χ3n) is 3.58. The number of nitrogens with one attached hydrogen (secondary N) is 1. The van der Waals surface area contributed by atoms with Gasteiger partial charge in [0.1, 0.15) is 0 Å². The van der Waals surface area contributed by atoms with Gasteiger partial charge in [0.2, 0.25) is 0 Å². The molecule has 1 N–H and O–H groups in total. The van der Waals surface area contributed by atoms with E-state index in [2.05, 4.69) is 35.3 Å². The summed E-state index contributed by atoms with van der Waals surface area (Å²) in [5.41, 5.74) is 2.09. The molecule has 18 heavy (non-hydrogen) atoms. The van der Waals surface area contributed by atoms with Crippen molar-refractivity contribution in [2.75, 3.05) is 26.2 Å². The monoisotopic (exact) mass is 243 g/mol. The molecule has 0 aromatic heterocycles. The van der Waals surface area contributed by atoms with E-state index < -0.39 is 0 Å². The molecule has 0 amide bonds. The predicted octanol–water partition coefficient (Wildman–Crippen LogP) is 2.30. The van der Waals surface area contributed by atoms with Gasteiger partial charge in [0.25, 0.3) is 0 Å². The standard InChI is InChI=1S/C15H21N3/c1-2-3-15(18-10-8-17-9-11-18)14-6-4-13(12-16)5-7-14/h4-7,15,17H,2-3,8-11H2,1H3/t15-/m0/s1. The van der Waals surface area contributed by atoms with Crippen LogP contribution in [0.4, 0.5) is 0 Å². The van der Waals surface area contributed by atoms with E-state index in [0.717, 1.165) is 31.7 Å². The summed E-state index contributed by atoms with van der Waals surface area (Å²) in [6.07, 6.45) is 2.38. The Balaban J connectivity index is 2.14. The number of piperazine rings is 1. The maximum Gasteiger partial charge on any atom is 0.0991 e. The first-order chi connectivity index (χ1) is 8.85. The van der Waals surface area contributed by atoms with Crippen LogP contribution in [0.1, 0.15) is 36.9 Å². The molecule has 0 bridgehead atoms. The quantitative estimate of drug-likeness (QED) is 0.882. The summed E-state index contributed by atoms with van der Waals surface area (Å²) in [5, 5.41) is 12.2. The molecule has 1 fully saturated rings. The molecule has 1 saturated heterocycles. The van der Waals surface area contributed by atoms with Crippen LogP contribution < -0.4 is 5.32 Å². The Morgan fingerprint density at radius 3 is 2.50 bits per heavy atom. The molecule has 3 heteroatoms. The molecule has 3 nitrogen and oxygen atoms in total. The van der Waals surface area contributed by atoms with Gasteiger partial charge in [0.05, 0.1) is 11.6 Å². The predicted molar refractivity (Wildman–Crippen MR) is 73.2 cm³/mol. The Bertz CT molecular complexity index is 399. The van der Waals surface area contributed by atoms with Gasteiger partial charge in [-0.1, -0.05) is 25.5 Å². The maximum absolute atomic E-state index is 8.85. The van der Waals surface area contributed by atoms with Gasteiger partial charge < -0.3 is 5.32 Å². The topological polar surface area (TPSA) is 39.1 Å². The molecule has 96 valence electrons. The van der Waals surface area contributed by atoms with Crippen LogP contribution in [0.15, 0.2) is 24.3 Å². The second kappa shape index (κ2) is 6.53. The zero-order valence-electron chi connectivity index (χ0n) is 11.0. The van der Waals surface area contributed by atoms with Crippen LogP contribution in [0.25, 0.3) is 0 Å². The van der Waals surface area contributed by atoms with Crippen LogP contribution in [0, 0.1) is 11.3 Å². The van der Waals surface area contributed by atoms with Gasteiger partial charge in [-0.2, -0.15) is 5.26 Å². The first-order valence-corrected chi connectivity index (χ1v) is 6.80. The van der Waals surface area contributed by atoms with Crippen LogP contribution in [0.3, 0.4) is 0 Å². The Hall–Kier alpha value is -1.37. The maximum atomic E-state index is 8.85. The van der Waals surface area contributed by atoms with Crippen molar-refractivity contribution >= 4 is 0 Å². The fraction of sp³-hybridized carbons (Fsp3) is 0.533. The van der Waals surface area contributed by atoms with Gasteiger partial charge in [-0.25, -0.2) is 0 Å². The van der Waals surface area contributed by atoms with Crippen molar-refractivity contribution < 1.29 is 0 Å². The first kappa shape index (κ1) is 13.1. The molecule has 1 aliphatic heterocycles. The highest BCUT2D eigenvalue weighted by Gasteiger charge is 2.21. The minimum atomic E-state index is 0.504. The fourth-order valence-electron chi connectivity index (χ4n) is 2.61. The number of rotatable bonds is 4. The Morgan fingerprint density at radius 2 is 1.94 bits per heavy atom. The molecular formula is C15H21N3. The van der Waals surface area contributed by atoms with Crippen molar-refractivity contribution in [3.05, 3.63) is 35.4 Å². The fourth-order valence-corrected chi connectivity index (χ4v) is 2.61. The summed E-state index contributed by atoms with van der Waals surface area (Å²) in [5.74, 6) is 0. The van der Waals surface area contributed by atoms with Crippen molar-refractivity contribution in [3.8, 4) is 6.07 Å². The van der Waals surface area contributed by atoms with E-state index in [9.17, 15) is 0 Å². The molecule has 0 aliphatic carbocycles. The summed E-state index contributed by atoms with van der Waals surface area (Å²) in [6.45, 7) is 6.63. The Labute approximate surface area is 109 Å². The number of nitriles is 1. The first-order valence-electron chi connectivity index (χ1n) is 6.80. The molecule has 0 radical (unpaired) electrons. The van der Waals surface area contributed by atoms with Crippen LogP contribution in [0.2, 0.25) is 0 Å². The summed E-state index contributed by atoms with van der Waals surface area (Å²) >= 11 is 0. The molecular weight excluding hydrogens is 222 g/mol. The van der Waals surface area contributed by atoms with Gasteiger partial charge in [0, 0.05) is 32.2 Å². The summed E-state index contributed by atoms with van der Waals surface area (Å²) in [7, 11) is 0. The normalized spacial score (nSPS) is 18.2. The van der Waals surface area contributed by atoms with Crippen molar-refractivity contribution in [2.24, 2.45) is 0 Å². The van der Waals surface area contributed by atoms with E-state index in [0.29, 0.717) is 6.04 Å². The minimum absolute atomic E-state index is 0.504. The zero-order chi connectivity index (χ0) is 12.8. The van der Waals surface area contributed by atoms with Gasteiger partial charge in [-0.3, -0.25) is 4.90 Å². The Kier molecular flexibility index (Phi) is 4.74. The van der Waals surface area contributed by atoms with Gasteiger partial charge in [-0.15, -0.1) is 0 Å². The number of hydrogen-bond acceptors (Lipinski definition) is 3. The number of benzene rings is 1. The van der Waals surface area contributed by atoms with Crippen LogP contribution in [-0.2, 0) is 0 Å². The molecule has 0 saturated carbocycles. The van der Waals surface area contributed by atoms with Crippen molar-refractivity contribution in [1.82, 2.24) is 10.2 Å². The van der Waals surface area contributed by atoms with E-state index in [4.69, 9.17) is 5.26 Å². The van der Waals surface area contributed by atoms with E-state index in [1.165, 1.54) is 18.4 Å². The van der Waals surface area contributed by atoms with E-state index in [1.807, 2.05) is 12.1 Å². The van der Waals surface area contributed by atoms with Gasteiger partial charge in [0.15, 0.2) is 0 Å². The van der Waals surface area contributed by atoms with Crippen LogP contribution in [-0.4, -0.2) is 31.1 Å². The molecule has 1 heterocycles. The Morgan fingerprint density at radius 1 is 1.28 bits per heavy atom. The third-order valence-corrected chi connectivity index (χ3v) is 3.58. The summed E-state index contributed by atoms with van der Waals surface area (Å²) in [6, 6.07) is 10.8. The smallest absolute Gasteiger partial charge is 0.0991 e. The van der Waals surface area contributed by atoms with E-state index in [1.54, 1.807) is 0 Å². The number of nitrogens with zero attached hydrogens (tertiary/aromatic N) is 2. The highest BCUT2D eigenvalue weighted by atomic mass is 15.2. The lowest BCUT2D eigenvalue weighted by Gasteiger charge is -2.35. The lowest BCUT2D eigenvalue weighted by molar-refractivity contribution is 0.164. The minimum Gasteiger partial charge on any atom is -0.314 e. The number of hydrogen-bond donors (Lipinski definition) is 1. The third kappa shape index (κ3) is 3.10. The van der Waals surface area contributed by atoms with E-state index >= 15 is 0 Å². The molecule has 1 aromatic carbocycles. The van der Waals surface area contributed by atoms with Crippen LogP contribution in [0.5, 0.6) is 0 Å². The molecule has 1 aromatic rings. The zero-order valence-corrected chi connectivity index (χ0v) is 11.0. The molecule has 1 aliphatic rings. The van der Waals surface area contributed by atoms with Crippen molar-refractivity contribution in [3.63, 3.8) is 0 Å². The van der Waals surface area contributed by atoms with Crippen molar-refractivity contribution in [2.45, 2.75) is 25.8 Å². The van der Waals surface area contributed by atoms with Crippen molar-refractivity contribution in [1.29, 1.82) is 5.26 Å². The van der Waals surface area contributed by atoms with Gasteiger partial charge >= 0.3 is 0 Å². The molecule has 1 atom stereocenters. The molecule has 0 spiro atoms. The average molecular weight is 243 g/mol. The SMILES string of the molecule is CCC[C@@H](c1ccc(C#N)cc1)N1CCNCC1. The second-order valence-corrected chi connectivity index (χ2v) is 4.82. The largest absolute Gasteiger partial charge is 0.314 e. The van der Waals surface area contributed by atoms with E-state index in [-0.39, 0.29) is 0 Å². The lowest BCUT2D eigenvalue weighted by Crippen LogP contribution is -2.45. The summed E-state index contributed by atoms with van der Waals surface area (Å²) < 4.78 is 0. The lowest BCUT2D eigenvalue weighted by atomic mass is 9.99. The summed E-state index contributed by atoms with van der Waals surface area (Å²) in [4.78, 5) is 2.56. The second-order valence-electron chi connectivity index (χ2n) is 4.82. The average Bonchev–Trinajstić information content (AvgIpc) is 2.46. The molecule has 2 rings (SSSR count). The van der Waals surface area contributed by atoms with Crippen LogP contribution >= 0.6 is 0 Å². The molecule has 0 unspecified atom stereocenters. The highest BCUT2D eigenvalue weighted by Crippen LogP contribution is 2.26.